The quantitative estimate of drug-likeness (QED) is 0.564. The van der Waals surface area contributed by atoms with E-state index in [9.17, 15) is 9.59 Å². The molecule has 2 aromatic rings. The zero-order chi connectivity index (χ0) is 18.4. The Morgan fingerprint density at radius 3 is 2.15 bits per heavy atom. The van der Waals surface area contributed by atoms with Gasteiger partial charge in [-0.1, -0.05) is 60.7 Å². The van der Waals surface area contributed by atoms with Gasteiger partial charge in [0.2, 0.25) is 0 Å². The van der Waals surface area contributed by atoms with Gasteiger partial charge in [-0.2, -0.15) is 0 Å². The number of nitrogens with zero attached hydrogens (tertiary/aromatic N) is 1. The summed E-state index contributed by atoms with van der Waals surface area (Å²) >= 11 is 0. The number of amides is 1. The summed E-state index contributed by atoms with van der Waals surface area (Å²) in [6.07, 6.45) is 1.03. The first kappa shape index (κ1) is 18.0. The van der Waals surface area contributed by atoms with Gasteiger partial charge in [-0.15, -0.1) is 0 Å². The molecule has 0 unspecified atom stereocenters. The topological polar surface area (TPSA) is 55.6 Å². The molecule has 1 aliphatic heterocycles. The van der Waals surface area contributed by atoms with E-state index in [1.54, 1.807) is 6.92 Å². The van der Waals surface area contributed by atoms with Crippen LogP contribution in [0.1, 0.15) is 24.5 Å². The maximum Gasteiger partial charge on any atom is 0.411 e. The van der Waals surface area contributed by atoms with E-state index in [-0.39, 0.29) is 18.6 Å². The van der Waals surface area contributed by atoms with Crippen LogP contribution in [0, 0.1) is 0 Å². The van der Waals surface area contributed by atoms with Crippen LogP contribution in [0.25, 0.3) is 0 Å². The molecule has 0 bridgehead atoms. The summed E-state index contributed by atoms with van der Waals surface area (Å²) < 4.78 is 10.5. The summed E-state index contributed by atoms with van der Waals surface area (Å²) in [6, 6.07) is 18.8. The fourth-order valence-electron chi connectivity index (χ4n) is 3.08. The van der Waals surface area contributed by atoms with Gasteiger partial charge in [0.05, 0.1) is 12.6 Å². The number of hydrogen-bond donors (Lipinski definition) is 0. The van der Waals surface area contributed by atoms with Crippen LogP contribution >= 0.6 is 0 Å². The lowest BCUT2D eigenvalue weighted by Gasteiger charge is -2.07. The van der Waals surface area contributed by atoms with E-state index in [4.69, 9.17) is 9.47 Å². The fraction of sp³-hybridized carbons (Fsp3) is 0.333. The Balaban J connectivity index is 1.58. The normalized spacial score (nSPS) is 18.3. The Bertz CT molecular complexity index is 732. The van der Waals surface area contributed by atoms with Crippen molar-refractivity contribution in [2.75, 3.05) is 6.61 Å². The van der Waals surface area contributed by atoms with Crippen molar-refractivity contribution >= 4 is 12.1 Å². The highest BCUT2D eigenvalue weighted by Crippen LogP contribution is 2.34. The first-order valence-electron chi connectivity index (χ1n) is 8.90. The van der Waals surface area contributed by atoms with Crippen molar-refractivity contribution in [1.29, 1.82) is 0 Å². The molecule has 0 aromatic heterocycles. The molecule has 3 rings (SSSR count). The minimum absolute atomic E-state index is 0.169. The lowest BCUT2D eigenvalue weighted by Crippen LogP contribution is -2.21. The molecule has 2 atom stereocenters. The first-order chi connectivity index (χ1) is 12.7. The van der Waals surface area contributed by atoms with Gasteiger partial charge < -0.3 is 9.47 Å². The molecular formula is C21H23NO4. The van der Waals surface area contributed by atoms with Crippen molar-refractivity contribution in [3.63, 3.8) is 0 Å². The second kappa shape index (κ2) is 8.52. The third-order valence-corrected chi connectivity index (χ3v) is 4.45. The highest BCUT2D eigenvalue weighted by Gasteiger charge is 2.57. The van der Waals surface area contributed by atoms with E-state index >= 15 is 0 Å². The monoisotopic (exact) mass is 353 g/mol. The summed E-state index contributed by atoms with van der Waals surface area (Å²) in [7, 11) is 0. The zero-order valence-corrected chi connectivity index (χ0v) is 14.8. The molecule has 0 aliphatic carbocycles. The highest BCUT2D eigenvalue weighted by molar-refractivity contribution is 5.88. The van der Waals surface area contributed by atoms with E-state index in [1.807, 2.05) is 60.7 Å². The van der Waals surface area contributed by atoms with Gasteiger partial charge in [0.1, 0.15) is 6.61 Å². The van der Waals surface area contributed by atoms with Crippen LogP contribution in [0.15, 0.2) is 60.7 Å². The predicted molar refractivity (Wildman–Crippen MR) is 97.4 cm³/mol. The summed E-state index contributed by atoms with van der Waals surface area (Å²) in [5.41, 5.74) is 2.09. The smallest absolute Gasteiger partial charge is 0.411 e. The molecule has 5 heteroatoms. The fourth-order valence-corrected chi connectivity index (χ4v) is 3.08. The number of carbonyl (C=O) groups excluding carboxylic acids is 2. The number of carbonyl (C=O) groups is 2. The Kier molecular flexibility index (Phi) is 5.89. The molecule has 5 nitrogen and oxygen atoms in total. The van der Waals surface area contributed by atoms with E-state index < -0.39 is 12.1 Å². The van der Waals surface area contributed by atoms with Crippen molar-refractivity contribution in [3.8, 4) is 0 Å². The molecule has 136 valence electrons. The standard InChI is InChI=1S/C21H23NO4/c1-2-25-20(23)19-18(14-13-16-9-5-3-6-10-16)22(19)21(24)26-15-17-11-7-4-8-12-17/h3-12,18-19H,2,13-15H2,1H3/t18-,19+,22?/m0/s1. The van der Waals surface area contributed by atoms with E-state index in [2.05, 4.69) is 0 Å². The number of rotatable bonds is 7. The second-order valence-electron chi connectivity index (χ2n) is 6.24. The molecule has 1 heterocycles. The van der Waals surface area contributed by atoms with Crippen LogP contribution in [0.3, 0.4) is 0 Å². The summed E-state index contributed by atoms with van der Waals surface area (Å²) in [5, 5.41) is 0. The van der Waals surface area contributed by atoms with Gasteiger partial charge in [0, 0.05) is 0 Å². The minimum Gasteiger partial charge on any atom is -0.464 e. The number of esters is 1. The Hall–Kier alpha value is -2.82. The minimum atomic E-state index is -0.540. The maximum absolute atomic E-state index is 12.4. The van der Waals surface area contributed by atoms with Gasteiger partial charge in [-0.3, -0.25) is 4.90 Å². The van der Waals surface area contributed by atoms with Crippen LogP contribution in [-0.4, -0.2) is 35.7 Å². The molecule has 1 saturated heterocycles. The molecule has 26 heavy (non-hydrogen) atoms. The summed E-state index contributed by atoms with van der Waals surface area (Å²) in [5.74, 6) is -0.359. The van der Waals surface area contributed by atoms with Crippen molar-refractivity contribution in [2.24, 2.45) is 0 Å². The first-order valence-corrected chi connectivity index (χ1v) is 8.90. The molecule has 1 fully saturated rings. The largest absolute Gasteiger partial charge is 0.464 e. The zero-order valence-electron chi connectivity index (χ0n) is 14.8. The van der Waals surface area contributed by atoms with E-state index in [0.717, 1.165) is 12.0 Å². The van der Waals surface area contributed by atoms with Gasteiger partial charge in [-0.05, 0) is 30.9 Å². The molecule has 0 saturated carbocycles. The number of hydrogen-bond acceptors (Lipinski definition) is 4. The molecule has 1 amide bonds. The van der Waals surface area contributed by atoms with E-state index in [1.165, 1.54) is 10.5 Å². The second-order valence-corrected chi connectivity index (χ2v) is 6.24. The lowest BCUT2D eigenvalue weighted by atomic mass is 10.1. The van der Waals surface area contributed by atoms with Crippen LogP contribution in [0.5, 0.6) is 0 Å². The van der Waals surface area contributed by atoms with Gasteiger partial charge >= 0.3 is 12.1 Å². The Morgan fingerprint density at radius 2 is 1.54 bits per heavy atom. The van der Waals surface area contributed by atoms with Crippen LogP contribution in [0.4, 0.5) is 4.79 Å². The summed E-state index contributed by atoms with van der Waals surface area (Å²) in [6.45, 7) is 2.25. The average Bonchev–Trinajstić information content (AvgIpc) is 3.41. The van der Waals surface area contributed by atoms with Crippen LogP contribution in [0.2, 0.25) is 0 Å². The lowest BCUT2D eigenvalue weighted by molar-refractivity contribution is -0.143. The Morgan fingerprint density at radius 1 is 0.923 bits per heavy atom. The maximum atomic E-state index is 12.4. The van der Waals surface area contributed by atoms with Crippen molar-refractivity contribution in [2.45, 2.75) is 38.5 Å². The number of ether oxygens (including phenoxy) is 2. The highest BCUT2D eigenvalue weighted by atomic mass is 16.6. The predicted octanol–water partition coefficient (Wildman–Crippen LogP) is 3.57. The average molecular weight is 353 g/mol. The van der Waals surface area contributed by atoms with Gasteiger partial charge in [0.25, 0.3) is 0 Å². The number of benzene rings is 2. The third kappa shape index (κ3) is 4.42. The Labute approximate surface area is 153 Å². The molecule has 2 aromatic carbocycles. The molecule has 0 N–H and O–H groups in total. The van der Waals surface area contributed by atoms with Crippen LogP contribution < -0.4 is 0 Å². The van der Waals surface area contributed by atoms with Crippen molar-refractivity contribution in [1.82, 2.24) is 4.90 Å². The van der Waals surface area contributed by atoms with E-state index in [0.29, 0.717) is 13.0 Å². The van der Waals surface area contributed by atoms with Crippen molar-refractivity contribution in [3.05, 3.63) is 71.8 Å². The summed E-state index contributed by atoms with van der Waals surface area (Å²) in [4.78, 5) is 26.0. The molecule has 0 radical (unpaired) electrons. The number of aryl methyl sites for hydroxylation is 1. The SMILES string of the molecule is CCOC(=O)[C@H]1[C@H](CCc2ccccc2)N1C(=O)OCc1ccccc1. The van der Waals surface area contributed by atoms with Crippen molar-refractivity contribution < 1.29 is 19.1 Å². The van der Waals surface area contributed by atoms with Gasteiger partial charge in [-0.25, -0.2) is 9.59 Å². The van der Waals surface area contributed by atoms with Crippen LogP contribution in [-0.2, 0) is 27.3 Å². The molecular weight excluding hydrogens is 330 g/mol. The van der Waals surface area contributed by atoms with Gasteiger partial charge in [0.15, 0.2) is 6.04 Å². The third-order valence-electron chi connectivity index (χ3n) is 4.45. The molecule has 1 aliphatic rings. The molecule has 0 spiro atoms.